The zero-order chi connectivity index (χ0) is 25.9. The molecule has 0 saturated carbocycles. The number of carbonyl (C=O) groups excluding carboxylic acids is 1. The summed E-state index contributed by atoms with van der Waals surface area (Å²) in [6.07, 6.45) is -4.50. The molecule has 0 saturated heterocycles. The average Bonchev–Trinajstić information content (AvgIpc) is 3.33. The highest BCUT2D eigenvalue weighted by molar-refractivity contribution is 5.94. The summed E-state index contributed by atoms with van der Waals surface area (Å²) in [4.78, 5) is 23.6. The molecule has 0 fully saturated rings. The molecule has 1 amide bonds. The number of nitrogens with one attached hydrogen (secondary N) is 1. The average molecular weight is 496 g/mol. The summed E-state index contributed by atoms with van der Waals surface area (Å²) >= 11 is 0. The van der Waals surface area contributed by atoms with Crippen LogP contribution in [0.2, 0.25) is 0 Å². The van der Waals surface area contributed by atoms with Gasteiger partial charge in [0.2, 0.25) is 0 Å². The maximum Gasteiger partial charge on any atom is 0.416 e. The number of non-ortho nitro benzene ring substituents is 1. The van der Waals surface area contributed by atoms with Gasteiger partial charge in [0, 0.05) is 24.2 Å². The largest absolute Gasteiger partial charge is 0.497 e. The minimum Gasteiger partial charge on any atom is -0.497 e. The Kier molecular flexibility index (Phi) is 6.73. The number of nitro groups is 1. The van der Waals surface area contributed by atoms with Crippen LogP contribution >= 0.6 is 0 Å². The minimum atomic E-state index is -4.50. The van der Waals surface area contributed by atoms with Crippen LogP contribution < -0.4 is 10.1 Å². The Hall–Kier alpha value is -4.67. The van der Waals surface area contributed by atoms with Gasteiger partial charge in [0.05, 0.1) is 29.0 Å². The number of ether oxygens (including phenoxy) is 1. The molecule has 4 rings (SSSR count). The second-order valence-corrected chi connectivity index (χ2v) is 7.71. The van der Waals surface area contributed by atoms with Crippen LogP contribution in [0.15, 0.2) is 78.9 Å². The quantitative estimate of drug-likeness (QED) is 0.273. The molecular weight excluding hydrogens is 477 g/mol. The third kappa shape index (κ3) is 5.35. The molecule has 3 aromatic carbocycles. The Morgan fingerprint density at radius 3 is 2.36 bits per heavy atom. The predicted octanol–water partition coefficient (Wildman–Crippen LogP) is 5.40. The SMILES string of the molecule is COc1ccc(-c2cc(C(=O)NCc3cccc(C(F)(F)F)c3)n(-c3ccc([N+](=O)[O-])cc3)n2)cc1. The zero-order valence-corrected chi connectivity index (χ0v) is 18.8. The lowest BCUT2D eigenvalue weighted by Crippen LogP contribution is -2.25. The maximum absolute atomic E-state index is 13.1. The molecule has 4 aromatic rings. The molecule has 36 heavy (non-hydrogen) atoms. The number of methoxy groups -OCH3 is 1. The van der Waals surface area contributed by atoms with Gasteiger partial charge in [-0.25, -0.2) is 4.68 Å². The first-order valence-corrected chi connectivity index (χ1v) is 10.6. The summed E-state index contributed by atoms with van der Waals surface area (Å²) in [5, 5.41) is 18.1. The van der Waals surface area contributed by atoms with Crippen LogP contribution in [-0.2, 0) is 12.7 Å². The number of hydrogen-bond acceptors (Lipinski definition) is 5. The number of carbonyl (C=O) groups is 1. The van der Waals surface area contributed by atoms with Gasteiger partial charge in [0.25, 0.3) is 11.6 Å². The molecule has 0 unspecified atom stereocenters. The van der Waals surface area contributed by atoms with Crippen molar-refractivity contribution in [3.63, 3.8) is 0 Å². The Labute approximate surface area is 203 Å². The molecule has 184 valence electrons. The maximum atomic E-state index is 13.1. The van der Waals surface area contributed by atoms with E-state index in [1.54, 1.807) is 24.3 Å². The third-order valence-corrected chi connectivity index (χ3v) is 5.34. The van der Waals surface area contributed by atoms with E-state index in [0.29, 0.717) is 22.7 Å². The lowest BCUT2D eigenvalue weighted by molar-refractivity contribution is -0.384. The van der Waals surface area contributed by atoms with Gasteiger partial charge in [-0.05, 0) is 60.2 Å². The Bertz CT molecular complexity index is 1400. The van der Waals surface area contributed by atoms with E-state index in [9.17, 15) is 28.1 Å². The van der Waals surface area contributed by atoms with Crippen molar-refractivity contribution in [1.82, 2.24) is 15.1 Å². The second-order valence-electron chi connectivity index (χ2n) is 7.71. The predicted molar refractivity (Wildman–Crippen MR) is 125 cm³/mol. The smallest absolute Gasteiger partial charge is 0.416 e. The van der Waals surface area contributed by atoms with Crippen molar-refractivity contribution in [2.24, 2.45) is 0 Å². The number of alkyl halides is 3. The molecule has 0 spiro atoms. The lowest BCUT2D eigenvalue weighted by Gasteiger charge is -2.10. The molecule has 1 heterocycles. The first-order chi connectivity index (χ1) is 17.2. The number of rotatable bonds is 7. The summed E-state index contributed by atoms with van der Waals surface area (Å²) in [6.45, 7) is -0.147. The number of hydrogen-bond donors (Lipinski definition) is 1. The molecule has 0 aliphatic heterocycles. The molecule has 11 heteroatoms. The Balaban J connectivity index is 1.66. The highest BCUT2D eigenvalue weighted by Crippen LogP contribution is 2.30. The van der Waals surface area contributed by atoms with Gasteiger partial charge >= 0.3 is 6.18 Å². The van der Waals surface area contributed by atoms with Crippen molar-refractivity contribution < 1.29 is 27.6 Å². The van der Waals surface area contributed by atoms with Crippen molar-refractivity contribution in [3.8, 4) is 22.7 Å². The number of aromatic nitrogens is 2. The summed E-state index contributed by atoms with van der Waals surface area (Å²) in [6, 6.07) is 18.6. The fourth-order valence-corrected chi connectivity index (χ4v) is 3.49. The van der Waals surface area contributed by atoms with Crippen LogP contribution in [-0.4, -0.2) is 27.7 Å². The molecule has 8 nitrogen and oxygen atoms in total. The summed E-state index contributed by atoms with van der Waals surface area (Å²) in [5.74, 6) is 0.0469. The third-order valence-electron chi connectivity index (χ3n) is 5.34. The summed E-state index contributed by atoms with van der Waals surface area (Å²) < 4.78 is 45.5. The van der Waals surface area contributed by atoms with Gasteiger partial charge in [-0.2, -0.15) is 18.3 Å². The summed E-state index contributed by atoms with van der Waals surface area (Å²) in [5.41, 5.74) is 0.952. The molecule has 0 aliphatic rings. The van der Waals surface area contributed by atoms with Crippen molar-refractivity contribution in [1.29, 1.82) is 0 Å². The first kappa shape index (κ1) is 24.5. The van der Waals surface area contributed by atoms with E-state index >= 15 is 0 Å². The van der Waals surface area contributed by atoms with Crippen LogP contribution in [0.5, 0.6) is 5.75 Å². The number of amides is 1. The van der Waals surface area contributed by atoms with E-state index in [1.165, 1.54) is 54.3 Å². The van der Waals surface area contributed by atoms with Gasteiger partial charge in [0.15, 0.2) is 0 Å². The fraction of sp³-hybridized carbons (Fsp3) is 0.120. The van der Waals surface area contributed by atoms with Gasteiger partial charge < -0.3 is 10.1 Å². The minimum absolute atomic E-state index is 0.0987. The zero-order valence-electron chi connectivity index (χ0n) is 18.8. The van der Waals surface area contributed by atoms with Gasteiger partial charge in [-0.3, -0.25) is 14.9 Å². The molecule has 0 aliphatic carbocycles. The number of nitrogens with zero attached hydrogens (tertiary/aromatic N) is 3. The summed E-state index contributed by atoms with van der Waals surface area (Å²) in [7, 11) is 1.53. The molecular formula is C25H19F3N4O4. The van der Waals surface area contributed by atoms with E-state index in [4.69, 9.17) is 4.74 Å². The standard InChI is InChI=1S/C25H19F3N4O4/c1-36-21-11-5-17(6-12-21)22-14-23(31(30-22)19-7-9-20(10-8-19)32(34)35)24(33)29-15-16-3-2-4-18(13-16)25(26,27)28/h2-14H,15H2,1H3,(H,29,33). The van der Waals surface area contributed by atoms with E-state index < -0.39 is 22.6 Å². The normalized spacial score (nSPS) is 11.2. The van der Waals surface area contributed by atoms with E-state index in [0.717, 1.165) is 12.1 Å². The number of benzene rings is 3. The van der Waals surface area contributed by atoms with Crippen molar-refractivity contribution in [2.75, 3.05) is 7.11 Å². The molecule has 1 aromatic heterocycles. The van der Waals surface area contributed by atoms with Gasteiger partial charge in [-0.15, -0.1) is 0 Å². The van der Waals surface area contributed by atoms with E-state index in [-0.39, 0.29) is 23.5 Å². The van der Waals surface area contributed by atoms with Crippen molar-refractivity contribution in [2.45, 2.75) is 12.7 Å². The highest BCUT2D eigenvalue weighted by Gasteiger charge is 2.30. The van der Waals surface area contributed by atoms with Crippen LogP contribution in [0.25, 0.3) is 16.9 Å². The van der Waals surface area contributed by atoms with Crippen LogP contribution in [0.1, 0.15) is 21.6 Å². The number of halogens is 3. The van der Waals surface area contributed by atoms with Crippen LogP contribution in [0.4, 0.5) is 18.9 Å². The molecule has 1 N–H and O–H groups in total. The monoisotopic (exact) mass is 496 g/mol. The highest BCUT2D eigenvalue weighted by atomic mass is 19.4. The first-order valence-electron chi connectivity index (χ1n) is 10.6. The number of nitro benzene ring substituents is 1. The van der Waals surface area contributed by atoms with E-state index in [1.807, 2.05) is 0 Å². The van der Waals surface area contributed by atoms with Gasteiger partial charge in [-0.1, -0.05) is 12.1 Å². The Morgan fingerprint density at radius 1 is 1.06 bits per heavy atom. The van der Waals surface area contributed by atoms with E-state index in [2.05, 4.69) is 10.4 Å². The van der Waals surface area contributed by atoms with Crippen LogP contribution in [0.3, 0.4) is 0 Å². The molecule has 0 atom stereocenters. The lowest BCUT2D eigenvalue weighted by atomic mass is 10.1. The van der Waals surface area contributed by atoms with Crippen molar-refractivity contribution in [3.05, 3.63) is 106 Å². The van der Waals surface area contributed by atoms with Crippen LogP contribution in [0, 0.1) is 10.1 Å². The van der Waals surface area contributed by atoms with Crippen molar-refractivity contribution >= 4 is 11.6 Å². The van der Waals surface area contributed by atoms with Gasteiger partial charge in [0.1, 0.15) is 11.4 Å². The molecule has 0 bridgehead atoms. The molecule has 0 radical (unpaired) electrons. The Morgan fingerprint density at radius 2 is 1.75 bits per heavy atom. The second kappa shape index (κ2) is 9.90. The fourth-order valence-electron chi connectivity index (χ4n) is 3.49. The topological polar surface area (TPSA) is 99.3 Å².